The Morgan fingerprint density at radius 3 is 2.95 bits per heavy atom. The molecule has 1 amide bonds. The molecule has 7 nitrogen and oxygen atoms in total. The second kappa shape index (κ2) is 5.28. The van der Waals surface area contributed by atoms with Gasteiger partial charge in [0, 0.05) is 30.7 Å². The summed E-state index contributed by atoms with van der Waals surface area (Å²) in [5, 5.41) is 7.70. The fourth-order valence-corrected chi connectivity index (χ4v) is 2.24. The summed E-state index contributed by atoms with van der Waals surface area (Å²) in [6.07, 6.45) is 2.65. The maximum atomic E-state index is 11.8. The van der Waals surface area contributed by atoms with E-state index in [1.165, 1.54) is 7.05 Å². The molecule has 0 aliphatic heterocycles. The summed E-state index contributed by atoms with van der Waals surface area (Å²) in [7, 11) is 1.49. The van der Waals surface area contributed by atoms with Gasteiger partial charge in [-0.2, -0.15) is 0 Å². The summed E-state index contributed by atoms with van der Waals surface area (Å²) >= 11 is 0. The van der Waals surface area contributed by atoms with Crippen LogP contribution in [0.4, 0.5) is 0 Å². The fraction of sp³-hybridized carbons (Fsp3) is 0.214. The highest BCUT2D eigenvalue weighted by Crippen LogP contribution is 2.17. The monoisotopic (exact) mass is 285 g/mol. The minimum Gasteiger partial charge on any atom is -0.361 e. The van der Waals surface area contributed by atoms with Crippen molar-refractivity contribution >= 4 is 16.8 Å². The van der Waals surface area contributed by atoms with Gasteiger partial charge in [-0.3, -0.25) is 9.78 Å². The van der Waals surface area contributed by atoms with E-state index in [1.807, 2.05) is 30.5 Å². The number of aromatic amines is 2. The number of para-hydroxylation sites is 1. The molecule has 3 aromatic rings. The van der Waals surface area contributed by atoms with Crippen molar-refractivity contribution in [3.63, 3.8) is 0 Å². The molecule has 3 rings (SSSR count). The lowest BCUT2D eigenvalue weighted by Gasteiger charge is -2.02. The number of nitrogens with zero attached hydrogens (tertiary/aromatic N) is 2. The molecule has 0 saturated heterocycles. The van der Waals surface area contributed by atoms with Gasteiger partial charge in [-0.25, -0.2) is 9.48 Å². The van der Waals surface area contributed by atoms with Crippen LogP contribution < -0.4 is 11.0 Å². The molecular weight excluding hydrogens is 270 g/mol. The van der Waals surface area contributed by atoms with E-state index in [2.05, 4.69) is 20.4 Å². The molecule has 0 radical (unpaired) electrons. The van der Waals surface area contributed by atoms with Crippen molar-refractivity contribution in [2.75, 3.05) is 6.54 Å². The zero-order valence-electron chi connectivity index (χ0n) is 11.5. The van der Waals surface area contributed by atoms with Gasteiger partial charge in [-0.15, -0.1) is 5.10 Å². The lowest BCUT2D eigenvalue weighted by molar-refractivity contribution is 0.0943. The van der Waals surface area contributed by atoms with Gasteiger partial charge in [0.05, 0.1) is 0 Å². The van der Waals surface area contributed by atoms with Crippen LogP contribution in [0, 0.1) is 0 Å². The molecule has 0 atom stereocenters. The van der Waals surface area contributed by atoms with Crippen molar-refractivity contribution < 1.29 is 4.79 Å². The number of rotatable bonds is 4. The topological polar surface area (TPSA) is 95.6 Å². The Kier molecular flexibility index (Phi) is 3.31. The number of amides is 1. The van der Waals surface area contributed by atoms with Crippen molar-refractivity contribution in [2.45, 2.75) is 6.42 Å². The summed E-state index contributed by atoms with van der Waals surface area (Å²) in [6, 6.07) is 8.01. The Morgan fingerprint density at radius 1 is 1.38 bits per heavy atom. The molecule has 0 aliphatic carbocycles. The van der Waals surface area contributed by atoms with Crippen LogP contribution in [0.2, 0.25) is 0 Å². The molecule has 0 spiro atoms. The molecule has 1 aromatic carbocycles. The van der Waals surface area contributed by atoms with Crippen molar-refractivity contribution in [1.29, 1.82) is 0 Å². The third-order valence-electron chi connectivity index (χ3n) is 3.34. The van der Waals surface area contributed by atoms with Gasteiger partial charge in [0.15, 0.2) is 0 Å². The number of H-pyrrole nitrogens is 2. The predicted molar refractivity (Wildman–Crippen MR) is 78.2 cm³/mol. The van der Waals surface area contributed by atoms with E-state index in [1.54, 1.807) is 0 Å². The van der Waals surface area contributed by atoms with E-state index >= 15 is 0 Å². The Hall–Kier alpha value is -2.83. The Morgan fingerprint density at radius 2 is 2.19 bits per heavy atom. The number of hydrogen-bond acceptors (Lipinski definition) is 3. The largest absolute Gasteiger partial charge is 0.361 e. The predicted octanol–water partition coefficient (Wildman–Crippen LogP) is 0.562. The summed E-state index contributed by atoms with van der Waals surface area (Å²) in [6.45, 7) is 0.472. The van der Waals surface area contributed by atoms with Gasteiger partial charge in [0.2, 0.25) is 5.82 Å². The fourth-order valence-electron chi connectivity index (χ4n) is 2.24. The van der Waals surface area contributed by atoms with E-state index in [-0.39, 0.29) is 11.7 Å². The maximum Gasteiger partial charge on any atom is 0.343 e. The van der Waals surface area contributed by atoms with Crippen LogP contribution in [-0.4, -0.2) is 32.2 Å². The second-order valence-electron chi connectivity index (χ2n) is 4.77. The highest BCUT2D eigenvalue weighted by Gasteiger charge is 2.11. The van der Waals surface area contributed by atoms with Crippen molar-refractivity contribution in [2.24, 2.45) is 7.05 Å². The molecule has 0 saturated carbocycles. The number of fused-ring (bicyclic) bond motifs is 1. The average molecular weight is 285 g/mol. The Labute approximate surface area is 120 Å². The van der Waals surface area contributed by atoms with E-state index in [4.69, 9.17) is 0 Å². The van der Waals surface area contributed by atoms with Gasteiger partial charge in [0.25, 0.3) is 5.91 Å². The number of benzene rings is 1. The molecule has 0 aliphatic rings. The first-order valence-corrected chi connectivity index (χ1v) is 6.61. The molecule has 2 heterocycles. The number of carbonyl (C=O) groups is 1. The summed E-state index contributed by atoms with van der Waals surface area (Å²) in [4.78, 5) is 28.6. The quantitative estimate of drug-likeness (QED) is 0.653. The Balaban J connectivity index is 1.63. The van der Waals surface area contributed by atoms with Crippen LogP contribution in [0.3, 0.4) is 0 Å². The van der Waals surface area contributed by atoms with Gasteiger partial charge in [-0.05, 0) is 18.1 Å². The average Bonchev–Trinajstić information content (AvgIpc) is 3.04. The zero-order valence-corrected chi connectivity index (χ0v) is 11.5. The molecule has 3 N–H and O–H groups in total. The first-order chi connectivity index (χ1) is 10.1. The zero-order chi connectivity index (χ0) is 14.8. The molecule has 0 fully saturated rings. The minimum absolute atomic E-state index is 0.0291. The molecule has 21 heavy (non-hydrogen) atoms. The lowest BCUT2D eigenvalue weighted by Crippen LogP contribution is -2.27. The molecule has 7 heteroatoms. The van der Waals surface area contributed by atoms with Crippen LogP contribution in [0.5, 0.6) is 0 Å². The normalized spacial score (nSPS) is 10.9. The first kappa shape index (κ1) is 13.2. The summed E-state index contributed by atoms with van der Waals surface area (Å²) < 4.78 is 1.09. The second-order valence-corrected chi connectivity index (χ2v) is 4.77. The smallest absolute Gasteiger partial charge is 0.343 e. The van der Waals surface area contributed by atoms with E-state index in [0.29, 0.717) is 13.0 Å². The van der Waals surface area contributed by atoms with Crippen LogP contribution in [0.15, 0.2) is 35.3 Å². The SMILES string of the molecule is Cn1nc(C(=O)NCCc2c[nH]c3ccccc23)[nH]c1=O. The van der Waals surface area contributed by atoms with Gasteiger partial charge in [0.1, 0.15) is 0 Å². The number of aryl methyl sites for hydroxylation is 1. The number of nitrogens with one attached hydrogen (secondary N) is 3. The van der Waals surface area contributed by atoms with E-state index < -0.39 is 5.69 Å². The molecule has 0 bridgehead atoms. The first-order valence-electron chi connectivity index (χ1n) is 6.61. The van der Waals surface area contributed by atoms with Crippen LogP contribution in [-0.2, 0) is 13.5 Å². The van der Waals surface area contributed by atoms with Crippen molar-refractivity contribution in [3.05, 3.63) is 52.3 Å². The van der Waals surface area contributed by atoms with E-state index in [9.17, 15) is 9.59 Å². The van der Waals surface area contributed by atoms with E-state index in [0.717, 1.165) is 21.1 Å². The van der Waals surface area contributed by atoms with Gasteiger partial charge < -0.3 is 10.3 Å². The number of carbonyl (C=O) groups excluding carboxylic acids is 1. The van der Waals surface area contributed by atoms with Crippen molar-refractivity contribution in [1.82, 2.24) is 25.1 Å². The molecular formula is C14H15N5O2. The van der Waals surface area contributed by atoms with Gasteiger partial charge >= 0.3 is 5.69 Å². The highest BCUT2D eigenvalue weighted by molar-refractivity contribution is 5.90. The summed E-state index contributed by atoms with van der Waals surface area (Å²) in [5.74, 6) is -0.353. The molecule has 108 valence electrons. The summed E-state index contributed by atoms with van der Waals surface area (Å²) in [5.41, 5.74) is 1.81. The highest BCUT2D eigenvalue weighted by atomic mass is 16.2. The van der Waals surface area contributed by atoms with Gasteiger partial charge in [-0.1, -0.05) is 18.2 Å². The van der Waals surface area contributed by atoms with Crippen LogP contribution >= 0.6 is 0 Å². The van der Waals surface area contributed by atoms with Crippen LogP contribution in [0.25, 0.3) is 10.9 Å². The standard InChI is InChI=1S/C14H15N5O2/c1-19-14(21)17-12(18-19)13(20)15-7-6-9-8-16-11-5-3-2-4-10(9)11/h2-5,8,16H,6-7H2,1H3,(H,15,20)(H,17,18,21). The number of hydrogen-bond donors (Lipinski definition) is 3. The van der Waals surface area contributed by atoms with Crippen LogP contribution in [0.1, 0.15) is 16.2 Å². The third-order valence-corrected chi connectivity index (χ3v) is 3.34. The molecule has 0 unspecified atom stereocenters. The molecule has 2 aromatic heterocycles. The third kappa shape index (κ3) is 2.58. The minimum atomic E-state index is -0.406. The van der Waals surface area contributed by atoms with Crippen molar-refractivity contribution in [3.8, 4) is 0 Å². The maximum absolute atomic E-state index is 11.8. The lowest BCUT2D eigenvalue weighted by atomic mass is 10.1. The number of aromatic nitrogens is 4. The Bertz CT molecular complexity index is 842.